The number of hydrogen-bond donors (Lipinski definition) is 1. The van der Waals surface area contributed by atoms with E-state index in [0.29, 0.717) is 24.3 Å². The van der Waals surface area contributed by atoms with E-state index in [1.807, 2.05) is 0 Å². The predicted octanol–water partition coefficient (Wildman–Crippen LogP) is 9.87. The average molecular weight is 631 g/mol. The van der Waals surface area contributed by atoms with Crippen molar-refractivity contribution in [2.24, 2.45) is 0 Å². The van der Waals surface area contributed by atoms with Crippen LogP contribution in [0.4, 0.5) is 0 Å². The molecule has 256 valence electrons. The van der Waals surface area contributed by atoms with Crippen molar-refractivity contribution in [2.75, 3.05) is 26.9 Å². The molecule has 1 unspecified atom stereocenters. The van der Waals surface area contributed by atoms with Gasteiger partial charge >= 0.3 is 11.9 Å². The molecule has 1 aliphatic heterocycles. The quantitative estimate of drug-likeness (QED) is 0.256. The Balaban J connectivity index is 1.77. The van der Waals surface area contributed by atoms with Gasteiger partial charge in [0.2, 0.25) is 0 Å². The Labute approximate surface area is 273 Å². The fourth-order valence-corrected chi connectivity index (χ4v) is 5.74. The first kappa shape index (κ1) is 38.6. The summed E-state index contributed by atoms with van der Waals surface area (Å²) in [5.74, 6) is -0.383. The van der Waals surface area contributed by atoms with Gasteiger partial charge in [-0.25, -0.2) is 4.79 Å². The highest BCUT2D eigenvalue weighted by atomic mass is 16.6. The summed E-state index contributed by atoms with van der Waals surface area (Å²) in [7, 11) is 1.47. The number of ether oxygens (including phenoxy) is 4. The molecule has 2 rings (SSSR count). The van der Waals surface area contributed by atoms with Gasteiger partial charge in [-0.05, 0) is 36.6 Å². The van der Waals surface area contributed by atoms with Crippen LogP contribution >= 0.6 is 0 Å². The first-order valence-corrected chi connectivity index (χ1v) is 18.1. The number of esters is 2. The van der Waals surface area contributed by atoms with Crippen LogP contribution in [0.2, 0.25) is 0 Å². The minimum Gasteiger partial charge on any atom is -0.504 e. The number of methoxy groups -OCH3 is 1. The largest absolute Gasteiger partial charge is 0.504 e. The third kappa shape index (κ3) is 21.0. The fourth-order valence-electron chi connectivity index (χ4n) is 5.74. The maximum atomic E-state index is 12.4. The number of cyclic esters (lactones) is 1. The molecule has 0 radical (unpaired) electrons. The van der Waals surface area contributed by atoms with E-state index in [0.717, 1.165) is 25.7 Å². The van der Waals surface area contributed by atoms with Crippen LogP contribution in [-0.2, 0) is 23.8 Å². The number of rotatable bonds is 5. The Hall–Kier alpha value is -2.54. The van der Waals surface area contributed by atoms with Crippen molar-refractivity contribution in [1.29, 1.82) is 0 Å². The van der Waals surface area contributed by atoms with Gasteiger partial charge in [0.15, 0.2) is 11.5 Å². The van der Waals surface area contributed by atoms with Crippen molar-refractivity contribution in [2.45, 2.75) is 154 Å². The van der Waals surface area contributed by atoms with Crippen LogP contribution in [0.5, 0.6) is 11.5 Å². The Morgan fingerprint density at radius 1 is 0.778 bits per heavy atom. The van der Waals surface area contributed by atoms with Gasteiger partial charge in [0.05, 0.1) is 7.11 Å². The molecule has 1 aromatic carbocycles. The van der Waals surface area contributed by atoms with Gasteiger partial charge in [0, 0.05) is 19.1 Å². The third-order valence-electron chi connectivity index (χ3n) is 8.59. The SMILES string of the molecule is COc1cc(/C=C/C(=O)OCC2COC(=O)CCCCCCCCCCCCCCCCCCCCCCCCO2)ccc1O. The molecule has 0 saturated carbocycles. The molecular formula is C38H62O7. The summed E-state index contributed by atoms with van der Waals surface area (Å²) >= 11 is 0. The predicted molar refractivity (Wildman–Crippen MR) is 182 cm³/mol. The van der Waals surface area contributed by atoms with Gasteiger partial charge in [-0.15, -0.1) is 0 Å². The molecule has 1 fully saturated rings. The van der Waals surface area contributed by atoms with E-state index in [2.05, 4.69) is 0 Å². The molecule has 0 amide bonds. The van der Waals surface area contributed by atoms with Gasteiger partial charge in [-0.1, -0.05) is 134 Å². The van der Waals surface area contributed by atoms with Gasteiger partial charge in [0.1, 0.15) is 19.3 Å². The van der Waals surface area contributed by atoms with E-state index in [9.17, 15) is 14.7 Å². The maximum Gasteiger partial charge on any atom is 0.330 e. The van der Waals surface area contributed by atoms with E-state index in [1.165, 1.54) is 135 Å². The third-order valence-corrected chi connectivity index (χ3v) is 8.59. The van der Waals surface area contributed by atoms with E-state index < -0.39 is 12.1 Å². The molecule has 1 aromatic rings. The second-order valence-electron chi connectivity index (χ2n) is 12.6. The zero-order chi connectivity index (χ0) is 32.2. The van der Waals surface area contributed by atoms with E-state index in [-0.39, 0.29) is 24.9 Å². The van der Waals surface area contributed by atoms with Gasteiger partial charge in [-0.2, -0.15) is 0 Å². The molecule has 1 heterocycles. The van der Waals surface area contributed by atoms with Crippen molar-refractivity contribution in [3.63, 3.8) is 0 Å². The summed E-state index contributed by atoms with van der Waals surface area (Å²) in [6.07, 6.45) is 30.8. The summed E-state index contributed by atoms with van der Waals surface area (Å²) in [5.41, 5.74) is 0.693. The summed E-state index contributed by atoms with van der Waals surface area (Å²) in [6.45, 7) is 0.628. The molecule has 7 nitrogen and oxygen atoms in total. The molecule has 7 heteroatoms. The maximum absolute atomic E-state index is 12.4. The van der Waals surface area contributed by atoms with E-state index >= 15 is 0 Å². The number of hydrogen-bond acceptors (Lipinski definition) is 7. The minimum atomic E-state index is -0.519. The Bertz CT molecular complexity index is 929. The van der Waals surface area contributed by atoms with Gasteiger partial charge in [0.25, 0.3) is 0 Å². The Morgan fingerprint density at radius 2 is 1.27 bits per heavy atom. The average Bonchev–Trinajstić information content (AvgIpc) is 3.04. The van der Waals surface area contributed by atoms with Crippen LogP contribution in [0, 0.1) is 0 Å². The van der Waals surface area contributed by atoms with Crippen molar-refractivity contribution in [3.8, 4) is 11.5 Å². The van der Waals surface area contributed by atoms with Crippen molar-refractivity contribution < 1.29 is 33.6 Å². The summed E-state index contributed by atoms with van der Waals surface area (Å²) in [5, 5.41) is 9.76. The van der Waals surface area contributed by atoms with Crippen LogP contribution < -0.4 is 4.74 Å². The molecule has 0 bridgehead atoms. The molecule has 1 atom stereocenters. The lowest BCUT2D eigenvalue weighted by Gasteiger charge is -2.18. The fraction of sp³-hybridized carbons (Fsp3) is 0.737. The molecule has 1 N–H and O–H groups in total. The van der Waals surface area contributed by atoms with Crippen molar-refractivity contribution >= 4 is 18.0 Å². The highest BCUT2D eigenvalue weighted by Gasteiger charge is 2.15. The molecule has 0 aliphatic carbocycles. The molecule has 1 saturated heterocycles. The van der Waals surface area contributed by atoms with Crippen LogP contribution in [0.15, 0.2) is 24.3 Å². The number of carbonyl (C=O) groups is 2. The van der Waals surface area contributed by atoms with Crippen molar-refractivity contribution in [1.82, 2.24) is 0 Å². The van der Waals surface area contributed by atoms with E-state index in [4.69, 9.17) is 18.9 Å². The van der Waals surface area contributed by atoms with Gasteiger partial charge < -0.3 is 24.1 Å². The summed E-state index contributed by atoms with van der Waals surface area (Å²) in [4.78, 5) is 24.8. The first-order valence-electron chi connectivity index (χ1n) is 18.1. The molecule has 0 spiro atoms. The Morgan fingerprint density at radius 3 is 1.78 bits per heavy atom. The summed E-state index contributed by atoms with van der Waals surface area (Å²) < 4.78 is 22.1. The van der Waals surface area contributed by atoms with Gasteiger partial charge in [-0.3, -0.25) is 4.79 Å². The van der Waals surface area contributed by atoms with Crippen LogP contribution in [-0.4, -0.2) is 50.1 Å². The second kappa shape index (κ2) is 26.7. The number of aromatic hydroxyl groups is 1. The second-order valence-corrected chi connectivity index (χ2v) is 12.6. The van der Waals surface area contributed by atoms with Crippen molar-refractivity contribution in [3.05, 3.63) is 29.8 Å². The standard InChI is InChI=1S/C38H62O7/c1-42-36-30-33(25-27-35(36)39)26-28-38(41)45-32-34-31-44-37(40)24-22-20-18-16-14-12-10-8-6-4-2-3-5-7-9-11-13-15-17-19-21-23-29-43-34/h25-28,30,34,39H,2-24,29,31-32H2,1H3/b28-26+. The summed E-state index contributed by atoms with van der Waals surface area (Å²) in [6, 6.07) is 4.82. The van der Waals surface area contributed by atoms with Crippen LogP contribution in [0.1, 0.15) is 153 Å². The first-order chi connectivity index (χ1) is 22.1. The zero-order valence-electron chi connectivity index (χ0n) is 28.2. The number of phenolic OH excluding ortho intramolecular Hbond substituents is 1. The highest BCUT2D eigenvalue weighted by Crippen LogP contribution is 2.26. The normalized spacial score (nSPS) is 21.1. The van der Waals surface area contributed by atoms with E-state index in [1.54, 1.807) is 18.2 Å². The lowest BCUT2D eigenvalue weighted by atomic mass is 10.0. The number of benzene rings is 1. The number of carbonyl (C=O) groups excluding carboxylic acids is 2. The molecule has 45 heavy (non-hydrogen) atoms. The number of phenols is 1. The molecule has 0 aromatic heterocycles. The topological polar surface area (TPSA) is 91.3 Å². The molecular weight excluding hydrogens is 568 g/mol. The van der Waals surface area contributed by atoms with Crippen LogP contribution in [0.25, 0.3) is 6.08 Å². The lowest BCUT2D eigenvalue weighted by Crippen LogP contribution is -2.28. The molecule has 1 aliphatic rings. The minimum absolute atomic E-state index is 0.00928. The Kier molecular flexibility index (Phi) is 22.9. The monoisotopic (exact) mass is 630 g/mol. The zero-order valence-corrected chi connectivity index (χ0v) is 28.2. The lowest BCUT2D eigenvalue weighted by molar-refractivity contribution is -0.153. The highest BCUT2D eigenvalue weighted by molar-refractivity contribution is 5.87. The smallest absolute Gasteiger partial charge is 0.330 e. The van der Waals surface area contributed by atoms with Crippen LogP contribution in [0.3, 0.4) is 0 Å².